The van der Waals surface area contributed by atoms with Crippen LogP contribution < -0.4 is 10.5 Å². The lowest BCUT2D eigenvalue weighted by atomic mass is 9.83. The number of nitrogens with zero attached hydrogens (tertiary/aromatic N) is 1. The molecule has 1 aliphatic heterocycles. The molecule has 0 aliphatic carbocycles. The molecule has 2 rings (SSSR count). The van der Waals surface area contributed by atoms with Crippen LogP contribution in [0.1, 0.15) is 25.3 Å². The third-order valence-electron chi connectivity index (χ3n) is 3.66. The van der Waals surface area contributed by atoms with E-state index in [0.717, 1.165) is 0 Å². The number of rotatable bonds is 6. The fraction of sp³-hybridized carbons (Fsp3) is 0.333. The van der Waals surface area contributed by atoms with Crippen molar-refractivity contribution in [2.45, 2.75) is 19.8 Å². The van der Waals surface area contributed by atoms with Crippen LogP contribution in [0.25, 0.3) is 0 Å². The van der Waals surface area contributed by atoms with E-state index in [-0.39, 0.29) is 23.6 Å². The summed E-state index contributed by atoms with van der Waals surface area (Å²) < 4.78 is 15.9. The Hall–Kier alpha value is -2.65. The molecular weight excluding hydrogens is 344 g/mol. The fourth-order valence-electron chi connectivity index (χ4n) is 2.60. The van der Waals surface area contributed by atoms with E-state index in [1.807, 2.05) is 6.07 Å². The van der Waals surface area contributed by atoms with Gasteiger partial charge in [-0.3, -0.25) is 0 Å². The minimum atomic E-state index is -0.653. The Bertz CT molecular complexity index is 747. The van der Waals surface area contributed by atoms with Gasteiger partial charge < -0.3 is 19.9 Å². The summed E-state index contributed by atoms with van der Waals surface area (Å²) in [6.07, 6.45) is 0. The van der Waals surface area contributed by atoms with Crippen LogP contribution in [0.15, 0.2) is 47.1 Å². The molecule has 1 aliphatic rings. The number of esters is 1. The molecule has 0 fully saturated rings. The van der Waals surface area contributed by atoms with Gasteiger partial charge in [0.15, 0.2) is 0 Å². The van der Waals surface area contributed by atoms with Gasteiger partial charge in [0.2, 0.25) is 5.88 Å². The van der Waals surface area contributed by atoms with Crippen LogP contribution in [0.3, 0.4) is 0 Å². The molecule has 6 nitrogen and oxygen atoms in total. The number of hydrogen-bond donors (Lipinski definition) is 1. The average molecular weight is 363 g/mol. The van der Waals surface area contributed by atoms with E-state index in [0.29, 0.717) is 29.6 Å². The molecule has 2 N–H and O–H groups in total. The number of benzene rings is 1. The van der Waals surface area contributed by atoms with E-state index in [2.05, 4.69) is 0 Å². The van der Waals surface area contributed by atoms with Crippen molar-refractivity contribution in [1.29, 1.82) is 5.26 Å². The molecule has 1 unspecified atom stereocenters. The number of carbonyl (C=O) groups excluding carboxylic acids is 1. The summed E-state index contributed by atoms with van der Waals surface area (Å²) in [6.45, 7) is 3.94. The van der Waals surface area contributed by atoms with E-state index in [4.69, 9.17) is 31.5 Å². The van der Waals surface area contributed by atoms with Crippen LogP contribution in [0.4, 0.5) is 0 Å². The molecule has 0 amide bonds. The van der Waals surface area contributed by atoms with Gasteiger partial charge >= 0.3 is 5.97 Å². The molecule has 1 heterocycles. The van der Waals surface area contributed by atoms with E-state index < -0.39 is 11.9 Å². The minimum absolute atomic E-state index is 0.0134. The van der Waals surface area contributed by atoms with E-state index in [9.17, 15) is 10.1 Å². The summed E-state index contributed by atoms with van der Waals surface area (Å²) in [4.78, 5) is 12.4. The summed E-state index contributed by atoms with van der Waals surface area (Å²) in [6, 6.07) is 9.09. The van der Waals surface area contributed by atoms with Gasteiger partial charge in [-0.05, 0) is 31.5 Å². The summed E-state index contributed by atoms with van der Waals surface area (Å²) in [5.74, 6) is 0.148. The topological polar surface area (TPSA) is 94.6 Å². The highest BCUT2D eigenvalue weighted by Crippen LogP contribution is 2.39. The Morgan fingerprint density at radius 3 is 2.64 bits per heavy atom. The molecule has 0 radical (unpaired) electrons. The lowest BCUT2D eigenvalue weighted by Crippen LogP contribution is -2.25. The van der Waals surface area contributed by atoms with Gasteiger partial charge in [0.1, 0.15) is 29.8 Å². The molecule has 0 aromatic heterocycles. The third kappa shape index (κ3) is 4.06. The van der Waals surface area contributed by atoms with Crippen LogP contribution >= 0.6 is 11.6 Å². The zero-order chi connectivity index (χ0) is 18.4. The largest absolute Gasteiger partial charge is 0.492 e. The highest BCUT2D eigenvalue weighted by atomic mass is 35.5. The first-order chi connectivity index (χ1) is 12.0. The second kappa shape index (κ2) is 8.45. The molecule has 0 spiro atoms. The summed E-state index contributed by atoms with van der Waals surface area (Å²) in [7, 11) is 0. The molecular formula is C18H19ClN2O4. The van der Waals surface area contributed by atoms with Crippen LogP contribution in [-0.4, -0.2) is 25.1 Å². The average Bonchev–Trinajstić information content (AvgIpc) is 2.60. The second-order valence-electron chi connectivity index (χ2n) is 5.22. The second-order valence-corrected chi connectivity index (χ2v) is 5.60. The van der Waals surface area contributed by atoms with Gasteiger partial charge in [-0.15, -0.1) is 11.6 Å². The monoisotopic (exact) mass is 362 g/mol. The number of halogens is 1. The highest BCUT2D eigenvalue weighted by molar-refractivity contribution is 6.18. The van der Waals surface area contributed by atoms with Crippen LogP contribution in [0.2, 0.25) is 0 Å². The Kier molecular flexibility index (Phi) is 6.31. The van der Waals surface area contributed by atoms with Crippen LogP contribution in [0, 0.1) is 11.3 Å². The molecule has 1 atom stereocenters. The Labute approximate surface area is 151 Å². The predicted molar refractivity (Wildman–Crippen MR) is 92.6 cm³/mol. The first kappa shape index (κ1) is 18.7. The molecule has 0 saturated heterocycles. The van der Waals surface area contributed by atoms with Crippen molar-refractivity contribution in [3.63, 3.8) is 0 Å². The van der Waals surface area contributed by atoms with Gasteiger partial charge in [0.05, 0.1) is 24.0 Å². The van der Waals surface area contributed by atoms with Crippen molar-refractivity contribution < 1.29 is 19.0 Å². The highest BCUT2D eigenvalue weighted by Gasteiger charge is 2.36. The van der Waals surface area contributed by atoms with Gasteiger partial charge in [0.25, 0.3) is 0 Å². The summed E-state index contributed by atoms with van der Waals surface area (Å²) in [5.41, 5.74) is 7.00. The molecule has 1 aromatic rings. The maximum Gasteiger partial charge on any atom is 0.338 e. The zero-order valence-electron chi connectivity index (χ0n) is 14.0. The van der Waals surface area contributed by atoms with Gasteiger partial charge in [-0.25, -0.2) is 4.79 Å². The van der Waals surface area contributed by atoms with Gasteiger partial charge in [-0.2, -0.15) is 5.26 Å². The number of ether oxygens (including phenoxy) is 3. The van der Waals surface area contributed by atoms with Crippen molar-refractivity contribution >= 4 is 17.6 Å². The molecule has 0 saturated carbocycles. The Morgan fingerprint density at radius 2 is 2.08 bits per heavy atom. The Morgan fingerprint density at radius 1 is 1.40 bits per heavy atom. The normalized spacial score (nSPS) is 17.0. The maximum atomic E-state index is 12.4. The summed E-state index contributed by atoms with van der Waals surface area (Å²) >= 11 is 5.61. The predicted octanol–water partition coefficient (Wildman–Crippen LogP) is 2.95. The number of nitriles is 1. The van der Waals surface area contributed by atoms with Crippen molar-refractivity contribution in [3.05, 3.63) is 52.6 Å². The van der Waals surface area contributed by atoms with Gasteiger partial charge in [-0.1, -0.05) is 12.1 Å². The van der Waals surface area contributed by atoms with Crippen molar-refractivity contribution in [2.24, 2.45) is 5.73 Å². The lowest BCUT2D eigenvalue weighted by molar-refractivity contribution is -0.139. The van der Waals surface area contributed by atoms with E-state index in [1.165, 1.54) is 0 Å². The standard InChI is InChI=1S/C18H19ClN2O4/c1-3-23-18(22)15-11(2)25-17(21)14(10-20)16(15)12-4-6-13(7-5-12)24-9-8-19/h4-7,16H,3,8-9,21H2,1-2H3. The zero-order valence-corrected chi connectivity index (χ0v) is 14.8. The van der Waals surface area contributed by atoms with Crippen molar-refractivity contribution in [2.75, 3.05) is 19.1 Å². The van der Waals surface area contributed by atoms with Crippen LogP contribution in [0.5, 0.6) is 5.75 Å². The van der Waals surface area contributed by atoms with E-state index in [1.54, 1.807) is 38.1 Å². The maximum absolute atomic E-state index is 12.4. The summed E-state index contributed by atoms with van der Waals surface area (Å²) in [5, 5.41) is 9.50. The smallest absolute Gasteiger partial charge is 0.338 e. The van der Waals surface area contributed by atoms with Crippen molar-refractivity contribution in [1.82, 2.24) is 0 Å². The molecule has 0 bridgehead atoms. The van der Waals surface area contributed by atoms with Crippen molar-refractivity contribution in [3.8, 4) is 11.8 Å². The quantitative estimate of drug-likeness (QED) is 0.617. The molecule has 7 heteroatoms. The lowest BCUT2D eigenvalue weighted by Gasteiger charge is -2.26. The van der Waals surface area contributed by atoms with E-state index >= 15 is 0 Å². The SMILES string of the molecule is CCOC(=O)C1=C(C)OC(N)=C(C#N)C1c1ccc(OCCCl)cc1. The molecule has 1 aromatic carbocycles. The van der Waals surface area contributed by atoms with Crippen LogP contribution in [-0.2, 0) is 14.3 Å². The minimum Gasteiger partial charge on any atom is -0.492 e. The first-order valence-electron chi connectivity index (χ1n) is 7.77. The third-order valence-corrected chi connectivity index (χ3v) is 3.81. The Balaban J connectivity index is 2.45. The first-order valence-corrected chi connectivity index (χ1v) is 8.31. The number of carbonyl (C=O) groups is 1. The number of hydrogen-bond acceptors (Lipinski definition) is 6. The fourth-order valence-corrected chi connectivity index (χ4v) is 2.68. The molecule has 25 heavy (non-hydrogen) atoms. The van der Waals surface area contributed by atoms with Gasteiger partial charge in [0, 0.05) is 0 Å². The number of nitrogens with two attached hydrogens (primary N) is 1. The molecule has 132 valence electrons. The number of alkyl halides is 1. The number of allylic oxidation sites excluding steroid dienone is 2.